The molecular formula is C15H20BrFN2O3. The summed E-state index contributed by atoms with van der Waals surface area (Å²) in [6.07, 6.45) is -0.646. The third-order valence-electron chi connectivity index (χ3n) is 3.57. The normalized spacial score (nSPS) is 17.3. The molecule has 122 valence electrons. The van der Waals surface area contributed by atoms with Crippen molar-refractivity contribution in [3.05, 3.63) is 34.1 Å². The minimum Gasteiger partial charge on any atom is -0.390 e. The molecule has 1 aliphatic heterocycles. The van der Waals surface area contributed by atoms with E-state index in [0.29, 0.717) is 24.2 Å². The highest BCUT2D eigenvalue weighted by atomic mass is 79.9. The second-order valence-electron chi connectivity index (χ2n) is 5.38. The van der Waals surface area contributed by atoms with E-state index in [9.17, 15) is 14.3 Å². The SMILES string of the molecule is CN(C[C@@H](O)CN1CCOCC1)C(=O)c1ccc(Br)c(F)c1. The maximum absolute atomic E-state index is 13.5. The molecule has 5 nitrogen and oxygen atoms in total. The van der Waals surface area contributed by atoms with Gasteiger partial charge in [-0.1, -0.05) is 0 Å². The number of nitrogens with zero attached hydrogens (tertiary/aromatic N) is 2. The van der Waals surface area contributed by atoms with Crippen molar-refractivity contribution >= 4 is 21.8 Å². The zero-order chi connectivity index (χ0) is 16.1. The lowest BCUT2D eigenvalue weighted by atomic mass is 10.2. The minimum atomic E-state index is -0.646. The molecule has 0 aromatic heterocycles. The fourth-order valence-corrected chi connectivity index (χ4v) is 2.63. The quantitative estimate of drug-likeness (QED) is 0.845. The van der Waals surface area contributed by atoms with Gasteiger partial charge in [0.25, 0.3) is 5.91 Å². The zero-order valence-corrected chi connectivity index (χ0v) is 14.1. The Morgan fingerprint density at radius 1 is 1.50 bits per heavy atom. The Kier molecular flexibility index (Phi) is 6.31. The summed E-state index contributed by atoms with van der Waals surface area (Å²) in [4.78, 5) is 15.7. The molecule has 0 aliphatic carbocycles. The van der Waals surface area contributed by atoms with Crippen molar-refractivity contribution in [2.75, 3.05) is 46.4 Å². The number of morpholine rings is 1. The van der Waals surface area contributed by atoms with Crippen LogP contribution in [0.3, 0.4) is 0 Å². The fourth-order valence-electron chi connectivity index (χ4n) is 2.39. The van der Waals surface area contributed by atoms with Gasteiger partial charge in [0, 0.05) is 38.8 Å². The van der Waals surface area contributed by atoms with Crippen LogP contribution in [0.5, 0.6) is 0 Å². The molecule has 0 saturated carbocycles. The minimum absolute atomic E-state index is 0.202. The van der Waals surface area contributed by atoms with Gasteiger partial charge in [-0.05, 0) is 34.1 Å². The molecular weight excluding hydrogens is 355 g/mol. The molecule has 0 unspecified atom stereocenters. The fraction of sp³-hybridized carbons (Fsp3) is 0.533. The van der Waals surface area contributed by atoms with Crippen LogP contribution in [0.25, 0.3) is 0 Å². The molecule has 0 radical (unpaired) electrons. The molecule has 1 aliphatic rings. The maximum atomic E-state index is 13.5. The van der Waals surface area contributed by atoms with Gasteiger partial charge in [0.1, 0.15) is 5.82 Å². The van der Waals surface area contributed by atoms with E-state index in [4.69, 9.17) is 4.74 Å². The first-order valence-corrected chi connectivity index (χ1v) is 7.95. The number of carbonyl (C=O) groups excluding carboxylic acids is 1. The number of aliphatic hydroxyl groups excluding tert-OH is 1. The number of aliphatic hydroxyl groups is 1. The van der Waals surface area contributed by atoms with Crippen LogP contribution in [-0.4, -0.2) is 73.4 Å². The molecule has 1 aromatic rings. The van der Waals surface area contributed by atoms with Crippen LogP contribution >= 0.6 is 15.9 Å². The topological polar surface area (TPSA) is 53.0 Å². The van der Waals surface area contributed by atoms with Gasteiger partial charge in [0.2, 0.25) is 0 Å². The summed E-state index contributed by atoms with van der Waals surface area (Å²) in [5.74, 6) is -0.791. The second-order valence-corrected chi connectivity index (χ2v) is 6.24. The van der Waals surface area contributed by atoms with Crippen molar-refractivity contribution in [1.82, 2.24) is 9.80 Å². The van der Waals surface area contributed by atoms with Crippen LogP contribution in [0.2, 0.25) is 0 Å². The number of ether oxygens (including phenoxy) is 1. The van der Waals surface area contributed by atoms with Crippen molar-refractivity contribution in [2.45, 2.75) is 6.10 Å². The Balaban J connectivity index is 1.88. The van der Waals surface area contributed by atoms with Crippen LogP contribution < -0.4 is 0 Å². The number of likely N-dealkylation sites (N-methyl/N-ethyl adjacent to an activating group) is 1. The predicted molar refractivity (Wildman–Crippen MR) is 84.3 cm³/mol. The van der Waals surface area contributed by atoms with Crippen LogP contribution in [-0.2, 0) is 4.74 Å². The van der Waals surface area contributed by atoms with Crippen LogP contribution in [0.4, 0.5) is 4.39 Å². The Labute approximate surface area is 137 Å². The number of benzene rings is 1. The van der Waals surface area contributed by atoms with Gasteiger partial charge in [0.15, 0.2) is 0 Å². The molecule has 7 heteroatoms. The summed E-state index contributed by atoms with van der Waals surface area (Å²) in [7, 11) is 1.60. The number of rotatable bonds is 5. The van der Waals surface area contributed by atoms with Gasteiger partial charge in [-0.3, -0.25) is 9.69 Å². The molecule has 1 amide bonds. The number of carbonyl (C=O) groups is 1. The van der Waals surface area contributed by atoms with Crippen molar-refractivity contribution in [2.24, 2.45) is 0 Å². The molecule has 1 aromatic carbocycles. The van der Waals surface area contributed by atoms with Crippen LogP contribution in [0.1, 0.15) is 10.4 Å². The van der Waals surface area contributed by atoms with Gasteiger partial charge in [-0.2, -0.15) is 0 Å². The molecule has 1 saturated heterocycles. The summed E-state index contributed by atoms with van der Waals surface area (Å²) >= 11 is 3.06. The van der Waals surface area contributed by atoms with Crippen molar-refractivity contribution in [3.63, 3.8) is 0 Å². The Hall–Kier alpha value is -1.02. The lowest BCUT2D eigenvalue weighted by Crippen LogP contribution is -2.45. The monoisotopic (exact) mass is 374 g/mol. The van der Waals surface area contributed by atoms with Crippen LogP contribution in [0, 0.1) is 5.82 Å². The Bertz CT molecular complexity index is 524. The van der Waals surface area contributed by atoms with E-state index in [-0.39, 0.29) is 18.0 Å². The van der Waals surface area contributed by atoms with E-state index in [0.717, 1.165) is 13.1 Å². The molecule has 2 rings (SSSR count). The van der Waals surface area contributed by atoms with Gasteiger partial charge >= 0.3 is 0 Å². The summed E-state index contributed by atoms with van der Waals surface area (Å²) < 4.78 is 19.1. The average molecular weight is 375 g/mol. The van der Waals surface area contributed by atoms with Crippen molar-refractivity contribution in [3.8, 4) is 0 Å². The number of β-amino-alcohol motifs (C(OH)–C–C–N with tert-alkyl or cyclic N) is 1. The van der Waals surface area contributed by atoms with E-state index in [1.165, 1.54) is 17.0 Å². The smallest absolute Gasteiger partial charge is 0.253 e. The van der Waals surface area contributed by atoms with E-state index in [1.54, 1.807) is 13.1 Å². The second kappa shape index (κ2) is 8.01. The molecule has 1 N–H and O–H groups in total. The first-order chi connectivity index (χ1) is 10.5. The van der Waals surface area contributed by atoms with Crippen LogP contribution in [0.15, 0.2) is 22.7 Å². The van der Waals surface area contributed by atoms with Gasteiger partial charge in [-0.15, -0.1) is 0 Å². The number of halogens is 2. The van der Waals surface area contributed by atoms with E-state index >= 15 is 0 Å². The van der Waals surface area contributed by atoms with E-state index < -0.39 is 11.9 Å². The highest BCUT2D eigenvalue weighted by molar-refractivity contribution is 9.10. The Morgan fingerprint density at radius 3 is 2.82 bits per heavy atom. The number of hydrogen-bond donors (Lipinski definition) is 1. The highest BCUT2D eigenvalue weighted by Gasteiger charge is 2.19. The number of amides is 1. The first kappa shape index (κ1) is 17.3. The molecule has 1 heterocycles. The third-order valence-corrected chi connectivity index (χ3v) is 4.21. The van der Waals surface area contributed by atoms with E-state index in [1.807, 2.05) is 0 Å². The lowest BCUT2D eigenvalue weighted by Gasteiger charge is -2.30. The summed E-state index contributed by atoms with van der Waals surface area (Å²) in [6, 6.07) is 4.25. The lowest BCUT2D eigenvalue weighted by molar-refractivity contribution is 0.00878. The van der Waals surface area contributed by atoms with E-state index in [2.05, 4.69) is 20.8 Å². The first-order valence-electron chi connectivity index (χ1n) is 7.16. The largest absolute Gasteiger partial charge is 0.390 e. The molecule has 22 heavy (non-hydrogen) atoms. The van der Waals surface area contributed by atoms with Gasteiger partial charge < -0.3 is 14.7 Å². The standard InChI is InChI=1S/C15H20BrFN2O3/c1-18(9-12(20)10-19-4-6-22-7-5-19)15(21)11-2-3-13(16)14(17)8-11/h2-3,8,12,20H,4-7,9-10H2,1H3/t12-/m1/s1. The summed E-state index contributed by atoms with van der Waals surface area (Å²) in [5, 5.41) is 10.1. The summed E-state index contributed by atoms with van der Waals surface area (Å²) in [5.41, 5.74) is 0.266. The third kappa shape index (κ3) is 4.74. The number of hydrogen-bond acceptors (Lipinski definition) is 4. The van der Waals surface area contributed by atoms with Crippen molar-refractivity contribution < 1.29 is 19.0 Å². The predicted octanol–water partition coefficient (Wildman–Crippen LogP) is 1.35. The molecule has 0 spiro atoms. The molecule has 0 bridgehead atoms. The molecule has 1 atom stereocenters. The molecule has 1 fully saturated rings. The Morgan fingerprint density at radius 2 is 2.18 bits per heavy atom. The highest BCUT2D eigenvalue weighted by Crippen LogP contribution is 2.17. The van der Waals surface area contributed by atoms with Crippen molar-refractivity contribution in [1.29, 1.82) is 0 Å². The van der Waals surface area contributed by atoms with Gasteiger partial charge in [-0.25, -0.2) is 4.39 Å². The zero-order valence-electron chi connectivity index (χ0n) is 12.5. The summed E-state index contributed by atoms with van der Waals surface area (Å²) in [6.45, 7) is 3.60. The maximum Gasteiger partial charge on any atom is 0.253 e. The average Bonchev–Trinajstić information content (AvgIpc) is 2.50. The van der Waals surface area contributed by atoms with Gasteiger partial charge in [0.05, 0.1) is 23.8 Å².